The average Bonchev–Trinajstić information content (AvgIpc) is 2.17. The minimum absolute atomic E-state index is 0.456. The first-order chi connectivity index (χ1) is 4.33. The van der Waals surface area contributed by atoms with Crippen LogP contribution in [0, 0.1) is 0 Å². The van der Waals surface area contributed by atoms with Crippen LogP contribution in [0.1, 0.15) is 26.2 Å². The van der Waals surface area contributed by atoms with Crippen molar-refractivity contribution in [2.45, 2.75) is 38.4 Å². The van der Waals surface area contributed by atoms with E-state index in [0.717, 1.165) is 12.3 Å². The molecule has 1 nitrogen and oxygen atoms in total. The Morgan fingerprint density at radius 2 is 2.33 bits per heavy atom. The summed E-state index contributed by atoms with van der Waals surface area (Å²) in [6.07, 6.45) is 4.36. The number of rotatable bonds is 2. The minimum Gasteiger partial charge on any atom is -0.375 e. The van der Waals surface area contributed by atoms with Crippen LogP contribution in [-0.2, 0) is 4.74 Å². The molecule has 0 aliphatic carbocycles. The summed E-state index contributed by atoms with van der Waals surface area (Å²) in [7, 11) is 0. The van der Waals surface area contributed by atoms with E-state index < -0.39 is 0 Å². The summed E-state index contributed by atoms with van der Waals surface area (Å²) < 4.78 is 5.52. The summed E-state index contributed by atoms with van der Waals surface area (Å²) in [5.74, 6) is 0.734. The third-order valence-corrected chi connectivity index (χ3v) is 1.97. The minimum atomic E-state index is 0.456. The molecule has 2 heteroatoms. The lowest BCUT2D eigenvalue weighted by molar-refractivity contribution is 0.0545. The van der Waals surface area contributed by atoms with Crippen molar-refractivity contribution in [1.29, 1.82) is 0 Å². The van der Waals surface area contributed by atoms with E-state index in [-0.39, 0.29) is 0 Å². The highest BCUT2D eigenvalue weighted by molar-refractivity contribution is 6.17. The SMILES string of the molecule is CC1CCC(CCCl)O1. The van der Waals surface area contributed by atoms with Gasteiger partial charge in [-0.3, -0.25) is 0 Å². The molecule has 0 radical (unpaired) electrons. The zero-order valence-electron chi connectivity index (χ0n) is 5.77. The molecule has 1 saturated heterocycles. The Bertz CT molecular complexity index is 83.0. The van der Waals surface area contributed by atoms with Crippen LogP contribution in [0.2, 0.25) is 0 Å². The van der Waals surface area contributed by atoms with Crippen LogP contribution in [0.25, 0.3) is 0 Å². The van der Waals surface area contributed by atoms with Gasteiger partial charge in [-0.25, -0.2) is 0 Å². The molecule has 54 valence electrons. The van der Waals surface area contributed by atoms with Crippen molar-refractivity contribution in [2.75, 3.05) is 5.88 Å². The smallest absolute Gasteiger partial charge is 0.0591 e. The van der Waals surface area contributed by atoms with Crippen LogP contribution >= 0.6 is 11.6 Å². The molecule has 0 spiro atoms. The molecule has 0 aromatic heterocycles. The lowest BCUT2D eigenvalue weighted by Gasteiger charge is -2.07. The Labute approximate surface area is 61.3 Å². The molecule has 0 amide bonds. The summed E-state index contributed by atoms with van der Waals surface area (Å²) in [6.45, 7) is 2.12. The second-order valence-electron chi connectivity index (χ2n) is 2.62. The molecule has 9 heavy (non-hydrogen) atoms. The van der Waals surface area contributed by atoms with Gasteiger partial charge in [-0.1, -0.05) is 0 Å². The number of hydrogen-bond acceptors (Lipinski definition) is 1. The van der Waals surface area contributed by atoms with E-state index in [2.05, 4.69) is 6.92 Å². The lowest BCUT2D eigenvalue weighted by atomic mass is 10.2. The summed E-state index contributed by atoms with van der Waals surface area (Å²) in [5.41, 5.74) is 0. The Kier molecular flexibility index (Phi) is 2.80. The predicted octanol–water partition coefficient (Wildman–Crippen LogP) is 2.18. The van der Waals surface area contributed by atoms with Crippen molar-refractivity contribution in [3.63, 3.8) is 0 Å². The van der Waals surface area contributed by atoms with Crippen molar-refractivity contribution >= 4 is 11.6 Å². The van der Waals surface area contributed by atoms with Crippen molar-refractivity contribution in [3.8, 4) is 0 Å². The molecule has 2 atom stereocenters. The molecular formula is C7H13ClO. The molecule has 0 aromatic carbocycles. The second kappa shape index (κ2) is 3.43. The van der Waals surface area contributed by atoms with Crippen LogP contribution in [0.4, 0.5) is 0 Å². The fourth-order valence-corrected chi connectivity index (χ4v) is 1.46. The predicted molar refractivity (Wildman–Crippen MR) is 38.9 cm³/mol. The zero-order valence-corrected chi connectivity index (χ0v) is 6.53. The molecule has 2 unspecified atom stereocenters. The summed E-state index contributed by atoms with van der Waals surface area (Å²) in [4.78, 5) is 0. The van der Waals surface area contributed by atoms with Crippen molar-refractivity contribution in [2.24, 2.45) is 0 Å². The monoisotopic (exact) mass is 148 g/mol. The normalized spacial score (nSPS) is 35.3. The summed E-state index contributed by atoms with van der Waals surface area (Å²) in [5, 5.41) is 0. The largest absolute Gasteiger partial charge is 0.375 e. The fourth-order valence-electron chi connectivity index (χ4n) is 1.22. The number of halogens is 1. The van der Waals surface area contributed by atoms with Gasteiger partial charge in [0.05, 0.1) is 12.2 Å². The van der Waals surface area contributed by atoms with Gasteiger partial charge in [-0.05, 0) is 26.2 Å². The van der Waals surface area contributed by atoms with E-state index in [4.69, 9.17) is 16.3 Å². The summed E-state index contributed by atoms with van der Waals surface area (Å²) in [6, 6.07) is 0. The van der Waals surface area contributed by atoms with Crippen molar-refractivity contribution in [3.05, 3.63) is 0 Å². The summed E-state index contributed by atoms with van der Waals surface area (Å²) >= 11 is 5.55. The molecular weight excluding hydrogens is 136 g/mol. The van der Waals surface area contributed by atoms with Gasteiger partial charge in [-0.2, -0.15) is 0 Å². The standard InChI is InChI=1S/C7H13ClO/c1-6-2-3-7(9-6)4-5-8/h6-7H,2-5H2,1H3. The van der Waals surface area contributed by atoms with Crippen LogP contribution in [-0.4, -0.2) is 18.1 Å². The lowest BCUT2D eigenvalue weighted by Crippen LogP contribution is -2.08. The highest BCUT2D eigenvalue weighted by atomic mass is 35.5. The first-order valence-electron chi connectivity index (χ1n) is 3.54. The maximum Gasteiger partial charge on any atom is 0.0591 e. The average molecular weight is 149 g/mol. The molecule has 1 heterocycles. The molecule has 1 rings (SSSR count). The first-order valence-corrected chi connectivity index (χ1v) is 4.08. The highest BCUT2D eigenvalue weighted by Crippen LogP contribution is 2.21. The Balaban J connectivity index is 2.14. The van der Waals surface area contributed by atoms with Gasteiger partial charge in [-0.15, -0.1) is 11.6 Å². The van der Waals surface area contributed by atoms with Gasteiger partial charge in [0.2, 0.25) is 0 Å². The fraction of sp³-hybridized carbons (Fsp3) is 1.00. The topological polar surface area (TPSA) is 9.23 Å². The van der Waals surface area contributed by atoms with Crippen LogP contribution in [0.3, 0.4) is 0 Å². The Morgan fingerprint density at radius 1 is 1.56 bits per heavy atom. The van der Waals surface area contributed by atoms with Crippen LogP contribution in [0.15, 0.2) is 0 Å². The zero-order chi connectivity index (χ0) is 6.69. The van der Waals surface area contributed by atoms with E-state index in [1.54, 1.807) is 0 Å². The molecule has 1 fully saturated rings. The van der Waals surface area contributed by atoms with Gasteiger partial charge in [0.1, 0.15) is 0 Å². The van der Waals surface area contributed by atoms with Gasteiger partial charge in [0, 0.05) is 5.88 Å². The number of hydrogen-bond donors (Lipinski definition) is 0. The highest BCUT2D eigenvalue weighted by Gasteiger charge is 2.20. The van der Waals surface area contributed by atoms with E-state index >= 15 is 0 Å². The Morgan fingerprint density at radius 3 is 2.78 bits per heavy atom. The van der Waals surface area contributed by atoms with E-state index in [0.29, 0.717) is 12.2 Å². The van der Waals surface area contributed by atoms with Gasteiger partial charge in [0.25, 0.3) is 0 Å². The maximum atomic E-state index is 5.55. The maximum absolute atomic E-state index is 5.55. The van der Waals surface area contributed by atoms with Gasteiger partial charge >= 0.3 is 0 Å². The molecule has 0 bridgehead atoms. The third kappa shape index (κ3) is 2.15. The molecule has 0 aromatic rings. The van der Waals surface area contributed by atoms with Crippen molar-refractivity contribution in [1.82, 2.24) is 0 Å². The van der Waals surface area contributed by atoms with E-state index in [1.165, 1.54) is 12.8 Å². The van der Waals surface area contributed by atoms with E-state index in [1.807, 2.05) is 0 Å². The van der Waals surface area contributed by atoms with Gasteiger partial charge in [0.15, 0.2) is 0 Å². The second-order valence-corrected chi connectivity index (χ2v) is 3.00. The first kappa shape index (κ1) is 7.36. The number of ether oxygens (including phenoxy) is 1. The molecule has 1 aliphatic rings. The van der Waals surface area contributed by atoms with Crippen LogP contribution < -0.4 is 0 Å². The van der Waals surface area contributed by atoms with Crippen LogP contribution in [0.5, 0.6) is 0 Å². The third-order valence-electron chi connectivity index (χ3n) is 1.75. The molecule has 1 aliphatic heterocycles. The molecule has 0 N–H and O–H groups in total. The van der Waals surface area contributed by atoms with Gasteiger partial charge < -0.3 is 4.74 Å². The van der Waals surface area contributed by atoms with Crippen molar-refractivity contribution < 1.29 is 4.74 Å². The number of alkyl halides is 1. The molecule has 0 saturated carbocycles. The Hall–Kier alpha value is 0.250. The van der Waals surface area contributed by atoms with E-state index in [9.17, 15) is 0 Å². The quantitative estimate of drug-likeness (QED) is 0.546.